The smallest absolute Gasteiger partial charge is 0.341 e. The van der Waals surface area contributed by atoms with E-state index in [0.717, 1.165) is 18.2 Å². The van der Waals surface area contributed by atoms with Gasteiger partial charge in [0.15, 0.2) is 6.10 Å². The van der Waals surface area contributed by atoms with Crippen LogP contribution in [-0.2, 0) is 19.6 Å². The topological polar surface area (TPSA) is 131 Å². The van der Waals surface area contributed by atoms with Crippen LogP contribution in [0.5, 0.6) is 0 Å². The van der Waals surface area contributed by atoms with Gasteiger partial charge in [0.25, 0.3) is 15.9 Å². The summed E-state index contributed by atoms with van der Waals surface area (Å²) in [4.78, 5) is 36.1. The van der Waals surface area contributed by atoms with Gasteiger partial charge in [-0.3, -0.25) is 14.8 Å². The summed E-state index contributed by atoms with van der Waals surface area (Å²) in [5.74, 6) is -2.41. The molecule has 0 aliphatic rings. The van der Waals surface area contributed by atoms with Crippen LogP contribution in [-0.4, -0.2) is 38.5 Å². The third-order valence-corrected chi connectivity index (χ3v) is 5.65. The predicted octanol–water partition coefficient (Wildman–Crippen LogP) is 2.71. The molecule has 0 spiro atoms. The van der Waals surface area contributed by atoms with E-state index in [2.05, 4.69) is 10.0 Å². The molecule has 0 saturated heterocycles. The standard InChI is InChI=1S/C21H24FN3O6S/c1-12(2)23-21(28)24-19(26)14(4)31-20(27)16-7-5-6-8-17(16)25-32(29,30)18-10-9-15(22)11-13(18)3/h5-12,14,25H,1-4H3,(H2,23,24,26,28). The zero-order chi connectivity index (χ0) is 24.1. The molecule has 0 fully saturated rings. The van der Waals surface area contributed by atoms with E-state index in [9.17, 15) is 27.2 Å². The van der Waals surface area contributed by atoms with Gasteiger partial charge in [-0.1, -0.05) is 12.1 Å². The molecule has 11 heteroatoms. The number of hydrogen-bond acceptors (Lipinski definition) is 6. The molecule has 1 atom stereocenters. The van der Waals surface area contributed by atoms with E-state index in [-0.39, 0.29) is 27.8 Å². The Balaban J connectivity index is 2.18. The summed E-state index contributed by atoms with van der Waals surface area (Å²) in [7, 11) is -4.15. The monoisotopic (exact) mass is 465 g/mol. The molecule has 2 aromatic carbocycles. The summed E-state index contributed by atoms with van der Waals surface area (Å²) in [6, 6.07) is 7.89. The summed E-state index contributed by atoms with van der Waals surface area (Å²) in [5, 5.41) is 4.51. The van der Waals surface area contributed by atoms with Gasteiger partial charge in [0.2, 0.25) is 0 Å². The van der Waals surface area contributed by atoms with E-state index in [4.69, 9.17) is 4.74 Å². The van der Waals surface area contributed by atoms with Crippen LogP contribution in [0.15, 0.2) is 47.4 Å². The van der Waals surface area contributed by atoms with Gasteiger partial charge in [0, 0.05) is 6.04 Å². The largest absolute Gasteiger partial charge is 0.449 e. The number of carbonyl (C=O) groups excluding carboxylic acids is 3. The van der Waals surface area contributed by atoms with E-state index in [1.54, 1.807) is 13.8 Å². The normalized spacial score (nSPS) is 12.1. The van der Waals surface area contributed by atoms with Crippen LogP contribution in [0.1, 0.15) is 36.7 Å². The highest BCUT2D eigenvalue weighted by atomic mass is 32.2. The molecular weight excluding hydrogens is 441 g/mol. The Morgan fingerprint density at radius 2 is 1.69 bits per heavy atom. The van der Waals surface area contributed by atoms with Crippen molar-refractivity contribution in [2.45, 2.75) is 44.7 Å². The second kappa shape index (κ2) is 10.2. The van der Waals surface area contributed by atoms with Gasteiger partial charge in [-0.25, -0.2) is 22.4 Å². The molecule has 0 bridgehead atoms. The first-order valence-corrected chi connectivity index (χ1v) is 11.1. The van der Waals surface area contributed by atoms with Gasteiger partial charge in [0.1, 0.15) is 5.82 Å². The molecular formula is C21H24FN3O6S. The second-order valence-electron chi connectivity index (χ2n) is 7.23. The van der Waals surface area contributed by atoms with Crippen molar-refractivity contribution in [3.63, 3.8) is 0 Å². The van der Waals surface area contributed by atoms with Gasteiger partial charge in [-0.15, -0.1) is 0 Å². The van der Waals surface area contributed by atoms with Gasteiger partial charge in [-0.05, 0) is 63.6 Å². The van der Waals surface area contributed by atoms with Crippen LogP contribution in [0.4, 0.5) is 14.9 Å². The molecule has 9 nitrogen and oxygen atoms in total. The molecule has 0 heterocycles. The second-order valence-corrected chi connectivity index (χ2v) is 8.88. The lowest BCUT2D eigenvalue weighted by Gasteiger charge is -2.16. The number of carbonyl (C=O) groups is 3. The number of esters is 1. The van der Waals surface area contributed by atoms with Crippen molar-refractivity contribution in [2.24, 2.45) is 0 Å². The Kier molecular flexibility index (Phi) is 7.92. The predicted molar refractivity (Wildman–Crippen MR) is 115 cm³/mol. The maximum absolute atomic E-state index is 13.3. The van der Waals surface area contributed by atoms with E-state index in [1.807, 2.05) is 5.32 Å². The van der Waals surface area contributed by atoms with Gasteiger partial charge in [-0.2, -0.15) is 0 Å². The number of urea groups is 1. The first-order valence-electron chi connectivity index (χ1n) is 9.61. The number of hydrogen-bond donors (Lipinski definition) is 3. The van der Waals surface area contributed by atoms with Crippen molar-refractivity contribution in [3.8, 4) is 0 Å². The Morgan fingerprint density at radius 3 is 2.31 bits per heavy atom. The van der Waals surface area contributed by atoms with Crippen molar-refractivity contribution in [3.05, 3.63) is 59.4 Å². The van der Waals surface area contributed by atoms with E-state index in [0.29, 0.717) is 0 Å². The molecule has 32 heavy (non-hydrogen) atoms. The first-order chi connectivity index (χ1) is 14.9. The minimum Gasteiger partial charge on any atom is -0.449 e. The Hall–Kier alpha value is -3.47. The van der Waals surface area contributed by atoms with Crippen LogP contribution >= 0.6 is 0 Å². The highest BCUT2D eigenvalue weighted by Gasteiger charge is 2.25. The number of nitrogens with one attached hydrogen (secondary N) is 3. The van der Waals surface area contributed by atoms with E-state index in [1.165, 1.54) is 38.1 Å². The third-order valence-electron chi connectivity index (χ3n) is 4.13. The van der Waals surface area contributed by atoms with Gasteiger partial charge < -0.3 is 10.1 Å². The summed E-state index contributed by atoms with van der Waals surface area (Å²) >= 11 is 0. The Bertz CT molecular complexity index is 1130. The molecule has 1 unspecified atom stereocenters. The van der Waals surface area contributed by atoms with E-state index < -0.39 is 39.9 Å². The average Bonchev–Trinajstić information content (AvgIpc) is 2.66. The molecule has 0 saturated carbocycles. The zero-order valence-corrected chi connectivity index (χ0v) is 18.7. The summed E-state index contributed by atoms with van der Waals surface area (Å²) in [5.41, 5.74) is -0.0592. The SMILES string of the molecule is Cc1cc(F)ccc1S(=O)(=O)Nc1ccccc1C(=O)OC(C)C(=O)NC(=O)NC(C)C. The lowest BCUT2D eigenvalue weighted by atomic mass is 10.2. The fraction of sp³-hybridized carbons (Fsp3) is 0.286. The molecule has 0 radical (unpaired) electrons. The number of ether oxygens (including phenoxy) is 1. The maximum Gasteiger partial charge on any atom is 0.341 e. The fourth-order valence-corrected chi connectivity index (χ4v) is 3.96. The van der Waals surface area contributed by atoms with Crippen molar-refractivity contribution < 1.29 is 31.9 Å². The van der Waals surface area contributed by atoms with Gasteiger partial charge in [0.05, 0.1) is 16.1 Å². The van der Waals surface area contributed by atoms with Crippen molar-refractivity contribution >= 4 is 33.6 Å². The summed E-state index contributed by atoms with van der Waals surface area (Å²) < 4.78 is 46.2. The Morgan fingerprint density at radius 1 is 1.03 bits per heavy atom. The number of benzene rings is 2. The minimum atomic E-state index is -4.15. The summed E-state index contributed by atoms with van der Waals surface area (Å²) in [6.45, 7) is 6.12. The first kappa shape index (κ1) is 24.8. The number of rotatable bonds is 7. The molecule has 3 amide bonds. The molecule has 0 aliphatic heterocycles. The zero-order valence-electron chi connectivity index (χ0n) is 17.9. The average molecular weight is 466 g/mol. The molecule has 2 rings (SSSR count). The Labute approximate surface area is 185 Å². The van der Waals surface area contributed by atoms with Crippen LogP contribution in [0.25, 0.3) is 0 Å². The van der Waals surface area contributed by atoms with Gasteiger partial charge >= 0.3 is 12.0 Å². The third kappa shape index (κ3) is 6.51. The maximum atomic E-state index is 13.3. The number of halogens is 1. The van der Waals surface area contributed by atoms with Crippen LogP contribution < -0.4 is 15.4 Å². The quantitative estimate of drug-likeness (QED) is 0.539. The van der Waals surface area contributed by atoms with Crippen molar-refractivity contribution in [2.75, 3.05) is 4.72 Å². The van der Waals surface area contributed by atoms with Crippen LogP contribution in [0.3, 0.4) is 0 Å². The van der Waals surface area contributed by atoms with Crippen molar-refractivity contribution in [1.82, 2.24) is 10.6 Å². The molecule has 0 aliphatic carbocycles. The number of amides is 3. The summed E-state index contributed by atoms with van der Waals surface area (Å²) in [6.07, 6.45) is -1.33. The molecule has 2 aromatic rings. The molecule has 0 aromatic heterocycles. The van der Waals surface area contributed by atoms with Crippen LogP contribution in [0.2, 0.25) is 0 Å². The highest BCUT2D eigenvalue weighted by molar-refractivity contribution is 7.92. The lowest BCUT2D eigenvalue weighted by molar-refractivity contribution is -0.127. The highest BCUT2D eigenvalue weighted by Crippen LogP contribution is 2.23. The molecule has 172 valence electrons. The number of imide groups is 1. The number of anilines is 1. The van der Waals surface area contributed by atoms with Crippen LogP contribution in [0, 0.1) is 12.7 Å². The number of sulfonamides is 1. The van der Waals surface area contributed by atoms with Crippen molar-refractivity contribution in [1.29, 1.82) is 0 Å². The fourth-order valence-electron chi connectivity index (χ4n) is 2.65. The van der Waals surface area contributed by atoms with E-state index >= 15 is 0 Å². The number of aryl methyl sites for hydroxylation is 1. The molecule has 3 N–H and O–H groups in total. The lowest BCUT2D eigenvalue weighted by Crippen LogP contribution is -2.46. The minimum absolute atomic E-state index is 0.0913. The number of para-hydroxylation sites is 1.